The molecule has 0 bridgehead atoms. The molecule has 0 aliphatic rings. The Labute approximate surface area is 174 Å². The van der Waals surface area contributed by atoms with Crippen molar-refractivity contribution in [1.29, 1.82) is 0 Å². The molecule has 3 aromatic rings. The fourth-order valence-electron chi connectivity index (χ4n) is 2.94. The molecule has 0 radical (unpaired) electrons. The lowest BCUT2D eigenvalue weighted by Gasteiger charge is -2.12. The molecule has 1 aromatic carbocycles. The summed E-state index contributed by atoms with van der Waals surface area (Å²) in [5, 5.41) is 13.1. The van der Waals surface area contributed by atoms with E-state index < -0.39 is 0 Å². The lowest BCUT2D eigenvalue weighted by atomic mass is 10.1. The Morgan fingerprint density at radius 3 is 2.39 bits per heavy atom. The van der Waals surface area contributed by atoms with Gasteiger partial charge in [0.1, 0.15) is 0 Å². The summed E-state index contributed by atoms with van der Waals surface area (Å²) in [5.41, 5.74) is 3.68. The van der Waals surface area contributed by atoms with Crippen molar-refractivity contribution in [3.05, 3.63) is 63.0 Å². The number of hydrogen-bond donors (Lipinski definition) is 1. The lowest BCUT2D eigenvalue weighted by molar-refractivity contribution is -0.119. The van der Waals surface area contributed by atoms with Crippen LogP contribution < -0.4 is 5.32 Å². The molecule has 0 aliphatic carbocycles. The van der Waals surface area contributed by atoms with Gasteiger partial charge in [0.05, 0.1) is 35.4 Å². The van der Waals surface area contributed by atoms with E-state index in [1.165, 1.54) is 0 Å². The van der Waals surface area contributed by atoms with Gasteiger partial charge in [0.25, 0.3) is 0 Å². The minimum atomic E-state index is -0.282. The number of benzene rings is 1. The van der Waals surface area contributed by atoms with Crippen LogP contribution >= 0.6 is 23.2 Å². The van der Waals surface area contributed by atoms with E-state index in [2.05, 4.69) is 15.5 Å². The van der Waals surface area contributed by atoms with Crippen LogP contribution in [0.5, 0.6) is 0 Å². The van der Waals surface area contributed by atoms with E-state index in [0.29, 0.717) is 29.0 Å². The number of aromatic nitrogens is 4. The van der Waals surface area contributed by atoms with Gasteiger partial charge in [0.15, 0.2) is 5.82 Å². The summed E-state index contributed by atoms with van der Waals surface area (Å²) in [6.45, 7) is 8.63. The third-order valence-electron chi connectivity index (χ3n) is 4.67. The predicted octanol–water partition coefficient (Wildman–Crippen LogP) is 4.63. The average molecular weight is 420 g/mol. The average Bonchev–Trinajstić information content (AvgIpc) is 3.11. The Balaban J connectivity index is 1.65. The van der Waals surface area contributed by atoms with Gasteiger partial charge in [-0.2, -0.15) is 10.2 Å². The second kappa shape index (κ2) is 8.37. The number of aryl methyl sites for hydroxylation is 2. The van der Waals surface area contributed by atoms with Gasteiger partial charge < -0.3 is 5.32 Å². The van der Waals surface area contributed by atoms with Gasteiger partial charge in [-0.05, 0) is 38.5 Å². The van der Waals surface area contributed by atoms with Gasteiger partial charge >= 0.3 is 0 Å². The molecule has 3 rings (SSSR count). The van der Waals surface area contributed by atoms with Crippen molar-refractivity contribution < 1.29 is 4.79 Å². The van der Waals surface area contributed by atoms with Crippen LogP contribution in [0.2, 0.25) is 10.0 Å². The molecule has 1 N–H and O–H groups in total. The van der Waals surface area contributed by atoms with Crippen molar-refractivity contribution in [3.8, 4) is 0 Å². The number of halogens is 2. The summed E-state index contributed by atoms with van der Waals surface area (Å²) in [7, 11) is 0. The molecule has 0 saturated carbocycles. The highest BCUT2D eigenvalue weighted by atomic mass is 35.5. The first-order valence-electron chi connectivity index (χ1n) is 9.04. The summed E-state index contributed by atoms with van der Waals surface area (Å²) in [4.78, 5) is 12.6. The van der Waals surface area contributed by atoms with E-state index in [1.54, 1.807) is 4.68 Å². The summed E-state index contributed by atoms with van der Waals surface area (Å²) >= 11 is 12.1. The van der Waals surface area contributed by atoms with E-state index >= 15 is 0 Å². The monoisotopic (exact) mass is 419 g/mol. The Kier molecular flexibility index (Phi) is 6.10. The van der Waals surface area contributed by atoms with Gasteiger partial charge in [0, 0.05) is 16.8 Å². The summed E-state index contributed by atoms with van der Waals surface area (Å²) in [5.74, 6) is 0.144. The molecule has 148 valence electrons. The quantitative estimate of drug-likeness (QED) is 0.632. The van der Waals surface area contributed by atoms with E-state index in [1.807, 2.05) is 62.7 Å². The fourth-order valence-corrected chi connectivity index (χ4v) is 3.20. The van der Waals surface area contributed by atoms with Gasteiger partial charge in [0.2, 0.25) is 5.91 Å². The number of hydrogen-bond acceptors (Lipinski definition) is 3. The number of nitrogens with zero attached hydrogens (tertiary/aromatic N) is 4. The molecule has 0 aliphatic heterocycles. The smallest absolute Gasteiger partial charge is 0.230 e. The molecule has 28 heavy (non-hydrogen) atoms. The lowest BCUT2D eigenvalue weighted by Crippen LogP contribution is -2.25. The Morgan fingerprint density at radius 2 is 1.79 bits per heavy atom. The standard InChI is InChI=1S/C20H23Cl2N5O/c1-12(10-27-15(4)19(22)14(3)24-27)20(28)23-18-9-13(2)26(25-18)11-16-5-7-17(21)8-6-16/h5-9,12H,10-11H2,1-4H3,(H,23,25,28). The maximum Gasteiger partial charge on any atom is 0.230 e. The van der Waals surface area contributed by atoms with Crippen molar-refractivity contribution in [2.45, 2.75) is 40.8 Å². The molecule has 0 spiro atoms. The normalized spacial score (nSPS) is 12.2. The molecule has 2 aromatic heterocycles. The fraction of sp³-hybridized carbons (Fsp3) is 0.350. The molecule has 0 fully saturated rings. The topological polar surface area (TPSA) is 64.7 Å². The van der Waals surface area contributed by atoms with Gasteiger partial charge in [-0.1, -0.05) is 42.3 Å². The largest absolute Gasteiger partial charge is 0.309 e. The Bertz CT molecular complexity index is 991. The SMILES string of the molecule is Cc1nn(CC(C)C(=O)Nc2cc(C)n(Cc3ccc(Cl)cc3)n2)c(C)c1Cl. The molecular formula is C20H23Cl2N5O. The van der Waals surface area contributed by atoms with Crippen LogP contribution in [0.3, 0.4) is 0 Å². The third-order valence-corrected chi connectivity index (χ3v) is 5.46. The number of nitrogens with one attached hydrogen (secondary N) is 1. The van der Waals surface area contributed by atoms with Crippen LogP contribution in [-0.2, 0) is 17.9 Å². The molecule has 6 nitrogen and oxygen atoms in total. The molecule has 1 amide bonds. The molecule has 1 unspecified atom stereocenters. The molecule has 8 heteroatoms. The van der Waals surface area contributed by atoms with Crippen LogP contribution in [0.25, 0.3) is 0 Å². The number of anilines is 1. The van der Waals surface area contributed by atoms with E-state index in [4.69, 9.17) is 23.2 Å². The van der Waals surface area contributed by atoms with Crippen LogP contribution in [0.1, 0.15) is 29.6 Å². The zero-order valence-corrected chi connectivity index (χ0v) is 17.8. The molecule has 0 saturated heterocycles. The first-order chi connectivity index (χ1) is 13.2. The van der Waals surface area contributed by atoms with Crippen LogP contribution in [0, 0.1) is 26.7 Å². The van der Waals surface area contributed by atoms with Crippen LogP contribution in [0.4, 0.5) is 5.82 Å². The summed E-state index contributed by atoms with van der Waals surface area (Å²) in [6.07, 6.45) is 0. The van der Waals surface area contributed by atoms with Crippen molar-refractivity contribution in [2.24, 2.45) is 5.92 Å². The van der Waals surface area contributed by atoms with Gasteiger partial charge in [-0.3, -0.25) is 14.2 Å². The minimum Gasteiger partial charge on any atom is -0.309 e. The first-order valence-corrected chi connectivity index (χ1v) is 9.79. The highest BCUT2D eigenvalue weighted by Gasteiger charge is 2.18. The van der Waals surface area contributed by atoms with E-state index in [-0.39, 0.29) is 11.8 Å². The van der Waals surface area contributed by atoms with E-state index in [9.17, 15) is 4.79 Å². The maximum absolute atomic E-state index is 12.6. The zero-order chi connectivity index (χ0) is 20.4. The second-order valence-electron chi connectivity index (χ2n) is 7.01. The third kappa shape index (κ3) is 4.56. The van der Waals surface area contributed by atoms with Crippen molar-refractivity contribution in [3.63, 3.8) is 0 Å². The van der Waals surface area contributed by atoms with Crippen LogP contribution in [0.15, 0.2) is 30.3 Å². The van der Waals surface area contributed by atoms with E-state index in [0.717, 1.165) is 22.6 Å². The minimum absolute atomic E-state index is 0.111. The number of amides is 1. The summed E-state index contributed by atoms with van der Waals surface area (Å²) in [6, 6.07) is 9.49. The molecule has 1 atom stereocenters. The second-order valence-corrected chi connectivity index (χ2v) is 7.83. The first kappa shape index (κ1) is 20.4. The molecular weight excluding hydrogens is 397 g/mol. The Morgan fingerprint density at radius 1 is 1.11 bits per heavy atom. The van der Waals surface area contributed by atoms with Crippen molar-refractivity contribution in [1.82, 2.24) is 19.6 Å². The number of carbonyl (C=O) groups excluding carboxylic acids is 1. The van der Waals surface area contributed by atoms with Crippen molar-refractivity contribution >= 4 is 34.9 Å². The number of carbonyl (C=O) groups is 1. The zero-order valence-electron chi connectivity index (χ0n) is 16.3. The Hall–Kier alpha value is -2.31. The summed E-state index contributed by atoms with van der Waals surface area (Å²) < 4.78 is 3.62. The van der Waals surface area contributed by atoms with Crippen molar-refractivity contribution in [2.75, 3.05) is 5.32 Å². The van der Waals surface area contributed by atoms with Gasteiger partial charge in [-0.25, -0.2) is 0 Å². The predicted molar refractivity (Wildman–Crippen MR) is 112 cm³/mol. The number of rotatable bonds is 6. The molecule has 2 heterocycles. The highest BCUT2D eigenvalue weighted by molar-refractivity contribution is 6.31. The highest BCUT2D eigenvalue weighted by Crippen LogP contribution is 2.20. The maximum atomic E-state index is 12.6. The van der Waals surface area contributed by atoms with Gasteiger partial charge in [-0.15, -0.1) is 0 Å². The van der Waals surface area contributed by atoms with Crippen LogP contribution in [-0.4, -0.2) is 25.5 Å².